The lowest BCUT2D eigenvalue weighted by molar-refractivity contribution is -0.129. The Bertz CT molecular complexity index is 931. The Hall–Kier alpha value is -2.02. The van der Waals surface area contributed by atoms with Crippen molar-refractivity contribution >= 4 is 40.9 Å². The van der Waals surface area contributed by atoms with Gasteiger partial charge in [-0.15, -0.1) is 11.8 Å². The third kappa shape index (κ3) is 5.03. The SMILES string of the molecule is C[C@@H](Sc1ccc(Cl)cc1)C(=O)N(C)Cc1nc(-c2ccccc2Cl)no1. The minimum atomic E-state index is -0.262. The molecular weight excluding hydrogens is 405 g/mol. The molecule has 3 rings (SSSR count). The summed E-state index contributed by atoms with van der Waals surface area (Å²) in [7, 11) is 1.71. The van der Waals surface area contributed by atoms with E-state index in [1.807, 2.05) is 37.3 Å². The van der Waals surface area contributed by atoms with E-state index in [4.69, 9.17) is 27.7 Å². The number of amides is 1. The minimum Gasteiger partial charge on any atom is -0.337 e. The van der Waals surface area contributed by atoms with Crippen LogP contribution in [0.2, 0.25) is 10.0 Å². The average molecular weight is 422 g/mol. The largest absolute Gasteiger partial charge is 0.337 e. The number of carbonyl (C=O) groups is 1. The van der Waals surface area contributed by atoms with Gasteiger partial charge in [0.05, 0.1) is 16.8 Å². The first-order valence-corrected chi connectivity index (χ1v) is 9.82. The van der Waals surface area contributed by atoms with Gasteiger partial charge in [-0.3, -0.25) is 4.79 Å². The van der Waals surface area contributed by atoms with E-state index in [0.717, 1.165) is 4.90 Å². The van der Waals surface area contributed by atoms with E-state index in [1.165, 1.54) is 11.8 Å². The molecule has 0 aliphatic rings. The Labute approximate surface area is 171 Å². The molecule has 0 aliphatic carbocycles. The van der Waals surface area contributed by atoms with E-state index < -0.39 is 0 Å². The average Bonchev–Trinajstić information content (AvgIpc) is 3.11. The minimum absolute atomic E-state index is 0.0348. The van der Waals surface area contributed by atoms with Gasteiger partial charge in [0, 0.05) is 22.5 Å². The smallest absolute Gasteiger partial charge is 0.246 e. The highest BCUT2D eigenvalue weighted by molar-refractivity contribution is 8.00. The van der Waals surface area contributed by atoms with E-state index >= 15 is 0 Å². The molecule has 8 heteroatoms. The molecule has 0 saturated heterocycles. The van der Waals surface area contributed by atoms with Crippen molar-refractivity contribution in [1.82, 2.24) is 15.0 Å². The zero-order valence-corrected chi connectivity index (χ0v) is 17.1. The quantitative estimate of drug-likeness (QED) is 0.512. The van der Waals surface area contributed by atoms with Crippen LogP contribution in [-0.4, -0.2) is 33.2 Å². The number of rotatable bonds is 6. The van der Waals surface area contributed by atoms with Gasteiger partial charge >= 0.3 is 0 Å². The second kappa shape index (κ2) is 8.78. The maximum absolute atomic E-state index is 12.6. The number of thioether (sulfide) groups is 1. The molecule has 0 spiro atoms. The first kappa shape index (κ1) is 19.7. The summed E-state index contributed by atoms with van der Waals surface area (Å²) in [6.07, 6.45) is 0. The highest BCUT2D eigenvalue weighted by Gasteiger charge is 2.21. The Kier molecular flexibility index (Phi) is 6.42. The Balaban J connectivity index is 1.63. The maximum atomic E-state index is 12.6. The fourth-order valence-electron chi connectivity index (χ4n) is 2.43. The number of hydrogen-bond donors (Lipinski definition) is 0. The van der Waals surface area contributed by atoms with Gasteiger partial charge < -0.3 is 9.42 Å². The summed E-state index contributed by atoms with van der Waals surface area (Å²) in [4.78, 5) is 19.5. The molecule has 0 radical (unpaired) electrons. The van der Waals surface area contributed by atoms with Crippen LogP contribution in [0.25, 0.3) is 11.4 Å². The van der Waals surface area contributed by atoms with E-state index in [1.54, 1.807) is 30.1 Å². The topological polar surface area (TPSA) is 59.2 Å². The summed E-state index contributed by atoms with van der Waals surface area (Å²) in [6.45, 7) is 2.09. The van der Waals surface area contributed by atoms with Crippen molar-refractivity contribution in [1.29, 1.82) is 0 Å². The molecule has 0 bridgehead atoms. The molecule has 0 saturated carbocycles. The summed E-state index contributed by atoms with van der Waals surface area (Å²) in [5.74, 6) is 0.719. The summed E-state index contributed by atoms with van der Waals surface area (Å²) in [5, 5.41) is 4.90. The summed E-state index contributed by atoms with van der Waals surface area (Å²) in [5.41, 5.74) is 0.690. The van der Waals surface area contributed by atoms with Gasteiger partial charge in [-0.2, -0.15) is 4.98 Å². The second-order valence-electron chi connectivity index (χ2n) is 5.90. The monoisotopic (exact) mass is 421 g/mol. The lowest BCUT2D eigenvalue weighted by Gasteiger charge is -2.19. The lowest BCUT2D eigenvalue weighted by atomic mass is 10.2. The van der Waals surface area contributed by atoms with Crippen LogP contribution in [-0.2, 0) is 11.3 Å². The lowest BCUT2D eigenvalue weighted by Crippen LogP contribution is -2.32. The van der Waals surface area contributed by atoms with Gasteiger partial charge in [0.1, 0.15) is 0 Å². The Morgan fingerprint density at radius 3 is 2.59 bits per heavy atom. The van der Waals surface area contributed by atoms with Crippen LogP contribution in [0.3, 0.4) is 0 Å². The third-order valence-electron chi connectivity index (χ3n) is 3.81. The van der Waals surface area contributed by atoms with Crippen LogP contribution in [0, 0.1) is 0 Å². The zero-order chi connectivity index (χ0) is 19.4. The van der Waals surface area contributed by atoms with E-state index in [9.17, 15) is 4.79 Å². The first-order valence-electron chi connectivity index (χ1n) is 8.18. The van der Waals surface area contributed by atoms with Crippen LogP contribution in [0.15, 0.2) is 57.9 Å². The summed E-state index contributed by atoms with van der Waals surface area (Å²) >= 11 is 13.5. The van der Waals surface area contributed by atoms with Crippen molar-refractivity contribution in [2.75, 3.05) is 7.05 Å². The van der Waals surface area contributed by atoms with Crippen molar-refractivity contribution in [3.8, 4) is 11.4 Å². The van der Waals surface area contributed by atoms with Crippen molar-refractivity contribution in [2.24, 2.45) is 0 Å². The number of hydrogen-bond acceptors (Lipinski definition) is 5. The van der Waals surface area contributed by atoms with Gasteiger partial charge in [-0.05, 0) is 43.3 Å². The molecule has 1 aromatic heterocycles. The predicted molar refractivity (Wildman–Crippen MR) is 108 cm³/mol. The molecule has 0 fully saturated rings. The molecule has 3 aromatic rings. The molecule has 1 heterocycles. The summed E-state index contributed by atoms with van der Waals surface area (Å²) < 4.78 is 5.27. The fraction of sp³-hybridized carbons (Fsp3) is 0.211. The molecule has 0 unspecified atom stereocenters. The second-order valence-corrected chi connectivity index (χ2v) is 8.16. The Morgan fingerprint density at radius 2 is 1.89 bits per heavy atom. The molecule has 0 N–H and O–H groups in total. The number of benzene rings is 2. The maximum Gasteiger partial charge on any atom is 0.246 e. The number of nitrogens with zero attached hydrogens (tertiary/aromatic N) is 3. The van der Waals surface area contributed by atoms with Crippen LogP contribution >= 0.6 is 35.0 Å². The molecule has 140 valence electrons. The van der Waals surface area contributed by atoms with Crippen LogP contribution in [0.5, 0.6) is 0 Å². The van der Waals surface area contributed by atoms with Gasteiger partial charge in [0.15, 0.2) is 0 Å². The fourth-order valence-corrected chi connectivity index (χ4v) is 3.76. The molecule has 0 aliphatic heterocycles. The van der Waals surface area contributed by atoms with E-state index in [0.29, 0.717) is 27.3 Å². The van der Waals surface area contributed by atoms with Crippen molar-refractivity contribution in [3.05, 3.63) is 64.5 Å². The van der Waals surface area contributed by atoms with Gasteiger partial charge in [0.25, 0.3) is 0 Å². The van der Waals surface area contributed by atoms with Gasteiger partial charge in [0.2, 0.25) is 17.6 Å². The molecule has 5 nitrogen and oxygen atoms in total. The van der Waals surface area contributed by atoms with E-state index in [-0.39, 0.29) is 17.7 Å². The molecule has 2 aromatic carbocycles. The zero-order valence-electron chi connectivity index (χ0n) is 14.7. The summed E-state index contributed by atoms with van der Waals surface area (Å²) in [6, 6.07) is 14.7. The van der Waals surface area contributed by atoms with Crippen LogP contribution in [0.1, 0.15) is 12.8 Å². The molecule has 1 amide bonds. The van der Waals surface area contributed by atoms with Gasteiger partial charge in [-0.25, -0.2) is 0 Å². The predicted octanol–water partition coefficient (Wildman–Crippen LogP) is 5.18. The molecular formula is C19H17Cl2N3O2S. The van der Waals surface area contributed by atoms with Crippen molar-refractivity contribution < 1.29 is 9.32 Å². The number of halogens is 2. The van der Waals surface area contributed by atoms with Gasteiger partial charge in [-0.1, -0.05) is 40.5 Å². The number of aromatic nitrogens is 2. The standard InChI is InChI=1S/C19H17Cl2N3O2S/c1-12(27-14-9-7-13(20)8-10-14)19(25)24(2)11-17-22-18(23-26-17)15-5-3-4-6-16(15)21/h3-10,12H,11H2,1-2H3/t12-/m1/s1. The van der Waals surface area contributed by atoms with Crippen LogP contribution < -0.4 is 0 Å². The number of carbonyl (C=O) groups excluding carboxylic acids is 1. The highest BCUT2D eigenvalue weighted by atomic mass is 35.5. The Morgan fingerprint density at radius 1 is 1.19 bits per heavy atom. The van der Waals surface area contributed by atoms with E-state index in [2.05, 4.69) is 10.1 Å². The highest BCUT2D eigenvalue weighted by Crippen LogP contribution is 2.27. The molecule has 1 atom stereocenters. The van der Waals surface area contributed by atoms with Crippen LogP contribution in [0.4, 0.5) is 0 Å². The third-order valence-corrected chi connectivity index (χ3v) is 5.49. The van der Waals surface area contributed by atoms with Crippen molar-refractivity contribution in [2.45, 2.75) is 23.6 Å². The van der Waals surface area contributed by atoms with Crippen molar-refractivity contribution in [3.63, 3.8) is 0 Å². The molecule has 27 heavy (non-hydrogen) atoms. The first-order chi connectivity index (χ1) is 12.9. The normalized spacial score (nSPS) is 12.0.